The molecule has 9 heteroatoms. The molecule has 0 aliphatic carbocycles. The highest BCUT2D eigenvalue weighted by Gasteiger charge is 2.32. The fourth-order valence-corrected chi connectivity index (χ4v) is 5.97. The summed E-state index contributed by atoms with van der Waals surface area (Å²) in [6.45, 7) is 1.01. The van der Waals surface area contributed by atoms with Crippen LogP contribution in [0.15, 0.2) is 64.9 Å². The Morgan fingerprint density at radius 3 is 2.47 bits per heavy atom. The Labute approximate surface area is 192 Å². The van der Waals surface area contributed by atoms with Gasteiger partial charge in [-0.15, -0.1) is 11.3 Å². The largest absolute Gasteiger partial charge is 0.497 e. The lowest BCUT2D eigenvalue weighted by Crippen LogP contribution is -2.42. The Bertz CT molecular complexity index is 1150. The number of hydrogen-bond donors (Lipinski definition) is 1. The number of methoxy groups -OCH3 is 1. The fraction of sp³-hybridized carbons (Fsp3) is 0.304. The van der Waals surface area contributed by atoms with E-state index < -0.39 is 10.0 Å². The number of piperidine rings is 1. The van der Waals surface area contributed by atoms with Crippen molar-refractivity contribution in [3.8, 4) is 16.3 Å². The molecule has 3 aromatic rings. The van der Waals surface area contributed by atoms with Gasteiger partial charge in [0.2, 0.25) is 15.9 Å². The maximum Gasteiger partial charge on any atom is 0.243 e. The van der Waals surface area contributed by atoms with Gasteiger partial charge < -0.3 is 10.1 Å². The van der Waals surface area contributed by atoms with Gasteiger partial charge in [-0.25, -0.2) is 13.4 Å². The number of carbonyl (C=O) groups excluding carboxylic acids is 1. The number of nitrogens with zero attached hydrogens (tertiary/aromatic N) is 2. The smallest absolute Gasteiger partial charge is 0.243 e. The second-order valence-corrected chi connectivity index (χ2v) is 10.4. The van der Waals surface area contributed by atoms with E-state index in [9.17, 15) is 13.2 Å². The molecule has 2 heterocycles. The van der Waals surface area contributed by atoms with Crippen LogP contribution in [0.3, 0.4) is 0 Å². The molecule has 1 saturated heterocycles. The Hall–Kier alpha value is -2.75. The Morgan fingerprint density at radius 1 is 1.12 bits per heavy atom. The molecule has 168 valence electrons. The van der Waals surface area contributed by atoms with Crippen LogP contribution in [0.1, 0.15) is 18.5 Å². The molecule has 1 aromatic heterocycles. The van der Waals surface area contributed by atoms with Crippen molar-refractivity contribution in [3.63, 3.8) is 0 Å². The van der Waals surface area contributed by atoms with Crippen molar-refractivity contribution in [3.05, 3.63) is 65.7 Å². The minimum absolute atomic E-state index is 0.0549. The molecule has 0 radical (unpaired) electrons. The van der Waals surface area contributed by atoms with Crippen LogP contribution in [-0.4, -0.2) is 43.8 Å². The van der Waals surface area contributed by atoms with Gasteiger partial charge in [-0.1, -0.05) is 30.3 Å². The van der Waals surface area contributed by atoms with E-state index >= 15 is 0 Å². The van der Waals surface area contributed by atoms with Crippen molar-refractivity contribution in [2.75, 3.05) is 20.2 Å². The first-order valence-electron chi connectivity index (χ1n) is 10.4. The van der Waals surface area contributed by atoms with Gasteiger partial charge in [-0.2, -0.15) is 4.31 Å². The van der Waals surface area contributed by atoms with Crippen LogP contribution in [-0.2, 0) is 21.4 Å². The van der Waals surface area contributed by atoms with Crippen LogP contribution in [0, 0.1) is 5.92 Å². The quantitative estimate of drug-likeness (QED) is 0.569. The zero-order chi connectivity index (χ0) is 22.6. The topological polar surface area (TPSA) is 88.6 Å². The first kappa shape index (κ1) is 22.4. The van der Waals surface area contributed by atoms with E-state index in [1.165, 1.54) is 11.4 Å². The third-order valence-corrected chi connectivity index (χ3v) is 8.39. The highest BCUT2D eigenvalue weighted by atomic mass is 32.2. The maximum atomic E-state index is 12.9. The summed E-state index contributed by atoms with van der Waals surface area (Å²) in [5, 5.41) is 5.83. The summed E-state index contributed by atoms with van der Waals surface area (Å²) in [6.07, 6.45) is 0.987. The SMILES string of the molecule is COc1ccc(S(=O)(=O)N2CCC(C(=O)NCc3csc(-c4ccccc4)n3)CC2)cc1. The zero-order valence-electron chi connectivity index (χ0n) is 17.7. The summed E-state index contributed by atoms with van der Waals surface area (Å²) in [5.74, 6) is 0.348. The Kier molecular flexibility index (Phi) is 6.88. The third-order valence-electron chi connectivity index (χ3n) is 5.54. The predicted octanol–water partition coefficient (Wildman–Crippen LogP) is 3.54. The minimum Gasteiger partial charge on any atom is -0.497 e. The molecule has 0 spiro atoms. The molecule has 7 nitrogen and oxygen atoms in total. The van der Waals surface area contributed by atoms with Gasteiger partial charge in [0.1, 0.15) is 10.8 Å². The Morgan fingerprint density at radius 2 is 1.81 bits per heavy atom. The van der Waals surface area contributed by atoms with Crippen LogP contribution >= 0.6 is 11.3 Å². The zero-order valence-corrected chi connectivity index (χ0v) is 19.4. The van der Waals surface area contributed by atoms with E-state index in [1.54, 1.807) is 35.6 Å². The highest BCUT2D eigenvalue weighted by Crippen LogP contribution is 2.26. The first-order valence-corrected chi connectivity index (χ1v) is 12.7. The van der Waals surface area contributed by atoms with Gasteiger partial charge in [0.25, 0.3) is 0 Å². The van der Waals surface area contributed by atoms with Crippen LogP contribution in [0.25, 0.3) is 10.6 Å². The van der Waals surface area contributed by atoms with E-state index in [1.807, 2.05) is 35.7 Å². The highest BCUT2D eigenvalue weighted by molar-refractivity contribution is 7.89. The van der Waals surface area contributed by atoms with Crippen LogP contribution in [0.4, 0.5) is 0 Å². The Balaban J connectivity index is 1.29. The first-order chi connectivity index (χ1) is 15.5. The minimum atomic E-state index is -3.58. The van der Waals surface area contributed by atoms with Crippen molar-refractivity contribution < 1.29 is 17.9 Å². The molecule has 1 fully saturated rings. The molecule has 0 unspecified atom stereocenters. The molecule has 1 aliphatic rings. The van der Waals surface area contributed by atoms with Gasteiger partial charge >= 0.3 is 0 Å². The number of rotatable bonds is 7. The molecule has 1 amide bonds. The van der Waals surface area contributed by atoms with E-state index in [0.717, 1.165) is 16.3 Å². The normalized spacial score (nSPS) is 15.4. The summed E-state index contributed by atoms with van der Waals surface area (Å²) < 4.78 is 32.3. The number of amides is 1. The number of sulfonamides is 1. The van der Waals surface area contributed by atoms with Gasteiger partial charge in [0.05, 0.1) is 24.2 Å². The number of benzene rings is 2. The fourth-order valence-electron chi connectivity index (χ4n) is 3.68. The lowest BCUT2D eigenvalue weighted by atomic mass is 9.97. The number of thiazole rings is 1. The standard InChI is InChI=1S/C23H25N3O4S2/c1-30-20-7-9-21(10-8-20)32(28,29)26-13-11-17(12-14-26)22(27)24-15-19-16-31-23(25-19)18-5-3-2-4-6-18/h2-10,16-17H,11-15H2,1H3,(H,24,27). The number of hydrogen-bond acceptors (Lipinski definition) is 6. The average molecular weight is 472 g/mol. The lowest BCUT2D eigenvalue weighted by Gasteiger charge is -2.30. The van der Waals surface area contributed by atoms with E-state index in [0.29, 0.717) is 38.2 Å². The van der Waals surface area contributed by atoms with Gasteiger partial charge in [0, 0.05) is 30.0 Å². The van der Waals surface area contributed by atoms with Crippen LogP contribution < -0.4 is 10.1 Å². The summed E-state index contributed by atoms with van der Waals surface area (Å²) >= 11 is 1.55. The monoisotopic (exact) mass is 471 g/mol. The van der Waals surface area contributed by atoms with Crippen molar-refractivity contribution in [2.24, 2.45) is 5.92 Å². The van der Waals surface area contributed by atoms with E-state index in [2.05, 4.69) is 10.3 Å². The van der Waals surface area contributed by atoms with E-state index in [4.69, 9.17) is 4.74 Å². The summed E-state index contributed by atoms with van der Waals surface area (Å²) in [6, 6.07) is 16.3. The second-order valence-electron chi connectivity index (χ2n) is 7.58. The van der Waals surface area contributed by atoms with Gasteiger partial charge in [-0.3, -0.25) is 4.79 Å². The summed E-state index contributed by atoms with van der Waals surface area (Å²) in [7, 11) is -2.04. The lowest BCUT2D eigenvalue weighted by molar-refractivity contribution is -0.126. The molecular weight excluding hydrogens is 446 g/mol. The van der Waals surface area contributed by atoms with Crippen LogP contribution in [0.5, 0.6) is 5.75 Å². The molecule has 0 saturated carbocycles. The van der Waals surface area contributed by atoms with Gasteiger partial charge in [0.15, 0.2) is 0 Å². The molecule has 0 bridgehead atoms. The van der Waals surface area contributed by atoms with Crippen molar-refractivity contribution >= 4 is 27.3 Å². The molecular formula is C23H25N3O4S2. The van der Waals surface area contributed by atoms with Crippen molar-refractivity contribution in [1.82, 2.24) is 14.6 Å². The third kappa shape index (κ3) is 5.01. The molecule has 0 atom stereocenters. The molecule has 2 aromatic carbocycles. The number of carbonyl (C=O) groups is 1. The second kappa shape index (κ2) is 9.81. The van der Waals surface area contributed by atoms with Crippen molar-refractivity contribution in [1.29, 1.82) is 0 Å². The molecule has 4 rings (SSSR count). The molecule has 1 N–H and O–H groups in total. The maximum absolute atomic E-state index is 12.9. The number of aromatic nitrogens is 1. The predicted molar refractivity (Wildman–Crippen MR) is 124 cm³/mol. The average Bonchev–Trinajstić information content (AvgIpc) is 3.32. The van der Waals surface area contributed by atoms with E-state index in [-0.39, 0.29) is 16.7 Å². The number of nitrogens with one attached hydrogen (secondary N) is 1. The van der Waals surface area contributed by atoms with Crippen LogP contribution in [0.2, 0.25) is 0 Å². The van der Waals surface area contributed by atoms with Gasteiger partial charge in [-0.05, 0) is 37.1 Å². The summed E-state index contributed by atoms with van der Waals surface area (Å²) in [4.78, 5) is 17.5. The molecule has 32 heavy (non-hydrogen) atoms. The molecule has 1 aliphatic heterocycles. The number of ether oxygens (including phenoxy) is 1. The van der Waals surface area contributed by atoms with Crippen molar-refractivity contribution in [2.45, 2.75) is 24.3 Å². The summed E-state index contributed by atoms with van der Waals surface area (Å²) in [5.41, 5.74) is 1.88.